The first kappa shape index (κ1) is 8.59. The van der Waals surface area contributed by atoms with Crippen LogP contribution in [0.25, 0.3) is 0 Å². The van der Waals surface area contributed by atoms with Crippen LogP contribution in [0.1, 0.15) is 6.42 Å². The lowest BCUT2D eigenvalue weighted by Gasteiger charge is -2.21. The molecule has 0 saturated heterocycles. The zero-order chi connectivity index (χ0) is 7.45. The van der Waals surface area contributed by atoms with Crippen LogP contribution >= 0.6 is 35.9 Å². The van der Waals surface area contributed by atoms with Gasteiger partial charge < -0.3 is 0 Å². The quantitative estimate of drug-likeness (QED) is 0.540. The monoisotopic (exact) mass is 190 g/mol. The average Bonchev–Trinajstić information content (AvgIpc) is 2.39. The lowest BCUT2D eigenvalue weighted by atomic mass is 10.2. The first-order chi connectivity index (χ1) is 4.83. The molecule has 0 spiro atoms. The average molecular weight is 190 g/mol. The summed E-state index contributed by atoms with van der Waals surface area (Å²) in [7, 11) is 0. The van der Waals surface area contributed by atoms with Gasteiger partial charge in [-0.15, -0.1) is 11.8 Å². The molecular weight excluding hydrogens is 182 g/mol. The van der Waals surface area contributed by atoms with E-state index in [-0.39, 0.29) is 4.87 Å². The van der Waals surface area contributed by atoms with E-state index in [1.807, 2.05) is 5.41 Å². The summed E-state index contributed by atoms with van der Waals surface area (Å²) in [6, 6.07) is 0. The van der Waals surface area contributed by atoms with E-state index in [1.54, 1.807) is 23.7 Å². The van der Waals surface area contributed by atoms with Crippen LogP contribution < -0.4 is 4.72 Å². The first-order valence-electron chi connectivity index (χ1n) is 2.84. The molecule has 1 nitrogen and oxygen atoms in total. The van der Waals surface area contributed by atoms with E-state index < -0.39 is 0 Å². The standard InChI is InChI=1S/C6H8NS3/c1-9-6(2-4-8)3-5-10-7-6/h3,5,7H,2H2,1H3. The molecule has 0 bridgehead atoms. The summed E-state index contributed by atoms with van der Waals surface area (Å²) in [5, 5.41) is 4.78. The molecule has 4 heteroatoms. The Morgan fingerprint density at radius 1 is 1.90 bits per heavy atom. The molecule has 0 amide bonds. The second-order valence-corrected chi connectivity index (χ2v) is 4.07. The van der Waals surface area contributed by atoms with Gasteiger partial charge in [-0.05, 0) is 17.7 Å². The van der Waals surface area contributed by atoms with Crippen molar-refractivity contribution in [2.75, 3.05) is 6.26 Å². The molecule has 1 atom stereocenters. The Kier molecular flexibility index (Phi) is 3.23. The summed E-state index contributed by atoms with van der Waals surface area (Å²) in [6.07, 6.45) is 4.98. The van der Waals surface area contributed by atoms with Crippen molar-refractivity contribution in [1.29, 1.82) is 0 Å². The molecule has 0 fully saturated rings. The first-order valence-corrected chi connectivity index (χ1v) is 5.35. The number of thioether (sulfide) groups is 1. The third-order valence-corrected chi connectivity index (χ3v) is 3.47. The Hall–Kier alpha value is 0.490. The minimum absolute atomic E-state index is 0.0203. The third-order valence-electron chi connectivity index (χ3n) is 1.34. The van der Waals surface area contributed by atoms with Crippen LogP contribution in [0.2, 0.25) is 0 Å². The summed E-state index contributed by atoms with van der Waals surface area (Å²) in [5.74, 6) is 0. The predicted octanol–water partition coefficient (Wildman–Crippen LogP) is 2.08. The highest BCUT2D eigenvalue weighted by Gasteiger charge is 2.27. The molecule has 0 aromatic rings. The number of rotatable bonds is 3. The molecule has 1 radical (unpaired) electrons. The van der Waals surface area contributed by atoms with Crippen molar-refractivity contribution in [2.45, 2.75) is 11.3 Å². The molecule has 1 aliphatic heterocycles. The van der Waals surface area contributed by atoms with Crippen molar-refractivity contribution < 1.29 is 0 Å². The highest BCUT2D eigenvalue weighted by atomic mass is 32.2. The fourth-order valence-corrected chi connectivity index (χ4v) is 2.71. The van der Waals surface area contributed by atoms with Gasteiger partial charge in [0.2, 0.25) is 0 Å². The summed E-state index contributed by atoms with van der Waals surface area (Å²) < 4.78 is 3.26. The van der Waals surface area contributed by atoms with Crippen LogP contribution in [0, 0.1) is 0 Å². The lowest BCUT2D eigenvalue weighted by molar-refractivity contribution is 0.755. The van der Waals surface area contributed by atoms with Gasteiger partial charge in [0, 0.05) is 11.8 Å². The Morgan fingerprint density at radius 2 is 2.70 bits per heavy atom. The fourth-order valence-electron chi connectivity index (χ4n) is 0.696. The fraction of sp³-hybridized carbons (Fsp3) is 0.500. The highest BCUT2D eigenvalue weighted by molar-refractivity contribution is 8.04. The van der Waals surface area contributed by atoms with E-state index >= 15 is 0 Å². The molecule has 1 rings (SSSR count). The van der Waals surface area contributed by atoms with Gasteiger partial charge in [0.15, 0.2) is 0 Å². The minimum atomic E-state index is 0.0203. The van der Waals surface area contributed by atoms with Crippen LogP contribution in [0.5, 0.6) is 0 Å². The number of hydrogen-bond donors (Lipinski definition) is 1. The van der Waals surface area contributed by atoms with Crippen molar-refractivity contribution in [3.63, 3.8) is 0 Å². The molecule has 1 N–H and O–H groups in total. The number of thiocarbonyl (C=S) groups is 1. The summed E-state index contributed by atoms with van der Waals surface area (Å²) in [6.45, 7) is 0. The van der Waals surface area contributed by atoms with Gasteiger partial charge in [-0.3, -0.25) is 0 Å². The van der Waals surface area contributed by atoms with Gasteiger partial charge in [0.25, 0.3) is 0 Å². The Balaban J connectivity index is 2.58. The molecule has 1 aliphatic rings. The maximum absolute atomic E-state index is 4.68. The Bertz CT molecular complexity index is 157. The smallest absolute Gasteiger partial charge is 0.0978 e. The summed E-state index contributed by atoms with van der Waals surface area (Å²) >= 11 is 8.04. The molecule has 55 valence electrons. The van der Waals surface area contributed by atoms with Gasteiger partial charge in [0.1, 0.15) is 0 Å². The highest BCUT2D eigenvalue weighted by Crippen LogP contribution is 2.32. The SMILES string of the molecule is CSC1(C[C]=S)C=CSN1. The predicted molar refractivity (Wildman–Crippen MR) is 53.3 cm³/mol. The van der Waals surface area contributed by atoms with Crippen molar-refractivity contribution in [3.05, 3.63) is 11.5 Å². The van der Waals surface area contributed by atoms with Crippen LogP contribution in [0.3, 0.4) is 0 Å². The van der Waals surface area contributed by atoms with E-state index in [1.165, 1.54) is 0 Å². The van der Waals surface area contributed by atoms with Crippen molar-refractivity contribution in [1.82, 2.24) is 4.72 Å². The lowest BCUT2D eigenvalue weighted by Crippen LogP contribution is -2.32. The van der Waals surface area contributed by atoms with Gasteiger partial charge in [-0.1, -0.05) is 24.2 Å². The second kappa shape index (κ2) is 3.76. The molecule has 1 unspecified atom stereocenters. The van der Waals surface area contributed by atoms with Crippen LogP contribution in [-0.4, -0.2) is 16.5 Å². The van der Waals surface area contributed by atoms with Gasteiger partial charge in [0.05, 0.1) is 4.87 Å². The van der Waals surface area contributed by atoms with E-state index in [9.17, 15) is 0 Å². The van der Waals surface area contributed by atoms with Crippen molar-refractivity contribution in [2.24, 2.45) is 0 Å². The van der Waals surface area contributed by atoms with Crippen LogP contribution in [0.15, 0.2) is 11.5 Å². The molecular formula is C6H8NS3. The maximum Gasteiger partial charge on any atom is 0.0978 e. The summed E-state index contributed by atoms with van der Waals surface area (Å²) in [4.78, 5) is 0.0203. The van der Waals surface area contributed by atoms with Crippen molar-refractivity contribution in [3.8, 4) is 0 Å². The van der Waals surface area contributed by atoms with Gasteiger partial charge >= 0.3 is 0 Å². The summed E-state index contributed by atoms with van der Waals surface area (Å²) in [5.41, 5.74) is 0. The zero-order valence-electron chi connectivity index (χ0n) is 5.59. The van der Waals surface area contributed by atoms with E-state index in [2.05, 4.69) is 34.6 Å². The maximum atomic E-state index is 4.68. The molecule has 0 saturated carbocycles. The Morgan fingerprint density at radius 3 is 3.10 bits per heavy atom. The van der Waals surface area contributed by atoms with Crippen LogP contribution in [0.4, 0.5) is 0 Å². The Labute approximate surface area is 75.2 Å². The molecule has 0 aliphatic carbocycles. The van der Waals surface area contributed by atoms with Crippen molar-refractivity contribution >= 4 is 41.3 Å². The minimum Gasteiger partial charge on any atom is -0.241 e. The third kappa shape index (κ3) is 1.75. The molecule has 0 aromatic heterocycles. The zero-order valence-corrected chi connectivity index (χ0v) is 8.04. The van der Waals surface area contributed by atoms with Gasteiger partial charge in [-0.25, -0.2) is 4.72 Å². The normalized spacial score (nSPS) is 30.9. The van der Waals surface area contributed by atoms with Gasteiger partial charge in [-0.2, -0.15) is 0 Å². The van der Waals surface area contributed by atoms with E-state index in [4.69, 9.17) is 0 Å². The second-order valence-electron chi connectivity index (χ2n) is 1.94. The molecule has 0 aromatic carbocycles. The topological polar surface area (TPSA) is 12.0 Å². The largest absolute Gasteiger partial charge is 0.241 e. The molecule has 10 heavy (non-hydrogen) atoms. The molecule has 1 heterocycles. The van der Waals surface area contributed by atoms with E-state index in [0.717, 1.165) is 6.42 Å². The van der Waals surface area contributed by atoms with Crippen LogP contribution in [-0.2, 0) is 0 Å². The number of hydrogen-bond acceptors (Lipinski definition) is 4. The van der Waals surface area contributed by atoms with E-state index in [0.29, 0.717) is 0 Å². The number of nitrogens with one attached hydrogen (secondary N) is 1.